The van der Waals surface area contributed by atoms with E-state index in [4.69, 9.17) is 21.4 Å². The lowest BCUT2D eigenvalue weighted by Crippen LogP contribution is -2.02. The van der Waals surface area contributed by atoms with E-state index in [1.807, 2.05) is 59.2 Å². The van der Waals surface area contributed by atoms with E-state index in [2.05, 4.69) is 10.2 Å². The van der Waals surface area contributed by atoms with Gasteiger partial charge in [-0.25, -0.2) is 0 Å². The summed E-state index contributed by atoms with van der Waals surface area (Å²) in [7, 11) is 1.65. The van der Waals surface area contributed by atoms with Gasteiger partial charge in [0.05, 0.1) is 13.7 Å². The Morgan fingerprint density at radius 1 is 1.17 bits per heavy atom. The normalized spacial score (nSPS) is 11.0. The lowest BCUT2D eigenvalue weighted by Gasteiger charge is -2.06. The summed E-state index contributed by atoms with van der Waals surface area (Å²) in [6, 6.07) is 17.7. The molecule has 0 spiro atoms. The van der Waals surface area contributed by atoms with Crippen molar-refractivity contribution in [3.05, 3.63) is 64.9 Å². The predicted molar refractivity (Wildman–Crippen MR) is 94.7 cm³/mol. The lowest BCUT2D eigenvalue weighted by molar-refractivity contribution is 0.414. The summed E-state index contributed by atoms with van der Waals surface area (Å²) in [6.45, 7) is 0.603. The number of aromatic nitrogens is 3. The Morgan fingerprint density at radius 3 is 2.71 bits per heavy atom. The van der Waals surface area contributed by atoms with Gasteiger partial charge in [-0.15, -0.1) is 0 Å². The van der Waals surface area contributed by atoms with Crippen LogP contribution in [0.4, 0.5) is 0 Å². The third kappa shape index (κ3) is 2.61. The van der Waals surface area contributed by atoms with Crippen LogP contribution in [-0.2, 0) is 6.54 Å². The fourth-order valence-corrected chi connectivity index (χ4v) is 2.85. The maximum Gasteiger partial charge on any atom is 0.198 e. The molecule has 0 saturated carbocycles. The molecule has 24 heavy (non-hydrogen) atoms. The Kier molecular flexibility index (Phi) is 3.66. The molecule has 2 aromatic heterocycles. The van der Waals surface area contributed by atoms with Crippen LogP contribution in [0, 0.1) is 4.77 Å². The van der Waals surface area contributed by atoms with Crippen molar-refractivity contribution < 1.29 is 9.15 Å². The molecule has 0 unspecified atom stereocenters. The summed E-state index contributed by atoms with van der Waals surface area (Å²) in [6.07, 6.45) is 0. The van der Waals surface area contributed by atoms with Crippen molar-refractivity contribution in [3.8, 4) is 17.3 Å². The van der Waals surface area contributed by atoms with E-state index in [0.717, 1.165) is 22.3 Å². The van der Waals surface area contributed by atoms with Crippen molar-refractivity contribution >= 4 is 23.2 Å². The molecule has 5 nitrogen and oxygen atoms in total. The Morgan fingerprint density at radius 2 is 1.96 bits per heavy atom. The quantitative estimate of drug-likeness (QED) is 0.560. The van der Waals surface area contributed by atoms with Crippen LogP contribution in [0.15, 0.2) is 59.0 Å². The number of para-hydroxylation sites is 1. The molecule has 4 rings (SSSR count). The Bertz CT molecular complexity index is 1010. The van der Waals surface area contributed by atoms with E-state index in [1.165, 1.54) is 0 Å². The second kappa shape index (κ2) is 5.98. The van der Waals surface area contributed by atoms with E-state index >= 15 is 0 Å². The van der Waals surface area contributed by atoms with Gasteiger partial charge in [0, 0.05) is 5.39 Å². The molecule has 0 aliphatic carbocycles. The third-order valence-corrected chi connectivity index (χ3v) is 4.22. The topological polar surface area (TPSA) is 56.0 Å². The fourth-order valence-electron chi connectivity index (χ4n) is 2.66. The van der Waals surface area contributed by atoms with Gasteiger partial charge in [0.1, 0.15) is 11.3 Å². The Balaban J connectivity index is 1.73. The number of furan rings is 1. The average molecular weight is 337 g/mol. The average Bonchev–Trinajstić information content (AvgIpc) is 3.19. The molecule has 0 atom stereocenters. The molecule has 4 aromatic rings. The van der Waals surface area contributed by atoms with Crippen molar-refractivity contribution in [2.75, 3.05) is 7.11 Å². The van der Waals surface area contributed by atoms with E-state index in [1.54, 1.807) is 7.11 Å². The molecule has 0 bridgehead atoms. The molecule has 2 aromatic carbocycles. The highest BCUT2D eigenvalue weighted by molar-refractivity contribution is 7.71. The maximum atomic E-state index is 5.91. The molecule has 0 fully saturated rings. The standard InChI is InChI=1S/C18H15N3O2S/c1-22-14-8-6-12(7-9-14)11-21-17(19-20-18(21)24)16-10-13-4-2-3-5-15(13)23-16/h2-10H,11H2,1H3,(H,20,24). The minimum atomic E-state index is 0.557. The molecule has 0 aliphatic rings. The van der Waals surface area contributed by atoms with Gasteiger partial charge < -0.3 is 9.15 Å². The number of aromatic amines is 1. The molecule has 0 saturated heterocycles. The van der Waals surface area contributed by atoms with Gasteiger partial charge in [0.2, 0.25) is 0 Å². The van der Waals surface area contributed by atoms with Crippen LogP contribution in [0.25, 0.3) is 22.6 Å². The first-order valence-electron chi connectivity index (χ1n) is 7.52. The zero-order chi connectivity index (χ0) is 16.5. The number of hydrogen-bond acceptors (Lipinski definition) is 4. The summed E-state index contributed by atoms with van der Waals surface area (Å²) >= 11 is 5.38. The molecule has 6 heteroatoms. The van der Waals surface area contributed by atoms with Crippen LogP contribution in [0.3, 0.4) is 0 Å². The largest absolute Gasteiger partial charge is 0.497 e. The van der Waals surface area contributed by atoms with Crippen molar-refractivity contribution in [1.29, 1.82) is 0 Å². The van der Waals surface area contributed by atoms with Gasteiger partial charge in [-0.2, -0.15) is 5.10 Å². The highest BCUT2D eigenvalue weighted by Crippen LogP contribution is 2.27. The van der Waals surface area contributed by atoms with Crippen LogP contribution >= 0.6 is 12.2 Å². The minimum absolute atomic E-state index is 0.557. The van der Waals surface area contributed by atoms with Crippen LogP contribution in [-0.4, -0.2) is 21.9 Å². The number of H-pyrrole nitrogens is 1. The number of hydrogen-bond donors (Lipinski definition) is 1. The van der Waals surface area contributed by atoms with E-state index < -0.39 is 0 Å². The highest BCUT2D eigenvalue weighted by Gasteiger charge is 2.14. The zero-order valence-electron chi connectivity index (χ0n) is 13.0. The predicted octanol–water partition coefficient (Wildman–Crippen LogP) is 4.41. The zero-order valence-corrected chi connectivity index (χ0v) is 13.8. The fraction of sp³-hybridized carbons (Fsp3) is 0.111. The number of nitrogens with one attached hydrogen (secondary N) is 1. The van der Waals surface area contributed by atoms with E-state index in [0.29, 0.717) is 22.9 Å². The Hall–Kier alpha value is -2.86. The summed E-state index contributed by atoms with van der Waals surface area (Å²) in [5, 5.41) is 8.23. The first kappa shape index (κ1) is 14.7. The molecular formula is C18H15N3O2S. The van der Waals surface area contributed by atoms with Crippen LogP contribution in [0.1, 0.15) is 5.56 Å². The lowest BCUT2D eigenvalue weighted by atomic mass is 10.2. The molecule has 2 heterocycles. The molecule has 0 radical (unpaired) electrons. The van der Waals surface area contributed by atoms with Crippen LogP contribution in [0.2, 0.25) is 0 Å². The molecule has 0 amide bonds. The van der Waals surface area contributed by atoms with E-state index in [9.17, 15) is 0 Å². The molecule has 1 N–H and O–H groups in total. The highest BCUT2D eigenvalue weighted by atomic mass is 32.1. The van der Waals surface area contributed by atoms with Crippen molar-refractivity contribution in [1.82, 2.24) is 14.8 Å². The maximum absolute atomic E-state index is 5.91. The monoisotopic (exact) mass is 337 g/mol. The van der Waals surface area contributed by atoms with Crippen molar-refractivity contribution in [2.45, 2.75) is 6.54 Å². The number of ether oxygens (including phenoxy) is 1. The molecule has 0 aliphatic heterocycles. The number of benzene rings is 2. The second-order valence-corrected chi connectivity index (χ2v) is 5.82. The number of rotatable bonds is 4. The summed E-state index contributed by atoms with van der Waals surface area (Å²) < 4.78 is 13.6. The van der Waals surface area contributed by atoms with E-state index in [-0.39, 0.29) is 0 Å². The Labute approximate surface area is 143 Å². The summed E-state index contributed by atoms with van der Waals surface area (Å²) in [5.74, 6) is 2.20. The van der Waals surface area contributed by atoms with Crippen LogP contribution in [0.5, 0.6) is 5.75 Å². The molecule has 120 valence electrons. The summed E-state index contributed by atoms with van der Waals surface area (Å²) in [4.78, 5) is 0. The molecular weight excluding hydrogens is 322 g/mol. The number of nitrogens with zero attached hydrogens (tertiary/aromatic N) is 2. The van der Waals surface area contributed by atoms with Gasteiger partial charge in [0.25, 0.3) is 0 Å². The van der Waals surface area contributed by atoms with Gasteiger partial charge in [-0.05, 0) is 42.0 Å². The van der Waals surface area contributed by atoms with Gasteiger partial charge in [-0.3, -0.25) is 9.67 Å². The van der Waals surface area contributed by atoms with Crippen molar-refractivity contribution in [2.24, 2.45) is 0 Å². The number of fused-ring (bicyclic) bond motifs is 1. The SMILES string of the molecule is COc1ccc(Cn2c(-c3cc4ccccc4o3)n[nH]c2=S)cc1. The first-order valence-corrected chi connectivity index (χ1v) is 7.92. The van der Waals surface area contributed by atoms with Gasteiger partial charge in [0.15, 0.2) is 16.4 Å². The van der Waals surface area contributed by atoms with Gasteiger partial charge in [-0.1, -0.05) is 30.3 Å². The summed E-state index contributed by atoms with van der Waals surface area (Å²) in [5.41, 5.74) is 1.93. The van der Waals surface area contributed by atoms with Gasteiger partial charge >= 0.3 is 0 Å². The minimum Gasteiger partial charge on any atom is -0.497 e. The number of methoxy groups -OCH3 is 1. The second-order valence-electron chi connectivity index (χ2n) is 5.44. The van der Waals surface area contributed by atoms with Crippen molar-refractivity contribution in [3.63, 3.8) is 0 Å². The third-order valence-electron chi connectivity index (χ3n) is 3.90. The smallest absolute Gasteiger partial charge is 0.198 e. The first-order chi connectivity index (χ1) is 11.7. The van der Waals surface area contributed by atoms with Crippen LogP contribution < -0.4 is 4.74 Å².